The minimum atomic E-state index is -1.55. The third-order valence-electron chi connectivity index (χ3n) is 7.90. The first kappa shape index (κ1) is 42.0. The molecule has 1 fully saturated rings. The summed E-state index contributed by atoms with van der Waals surface area (Å²) in [5.41, 5.74) is 1.35. The van der Waals surface area contributed by atoms with Crippen molar-refractivity contribution in [2.45, 2.75) is 111 Å². The van der Waals surface area contributed by atoms with Crippen molar-refractivity contribution in [3.05, 3.63) is 52.5 Å². The number of Topliss-reactive ketones (excluding diaryl/α,β-unsaturated/α-hetero) is 2. The number of carboxylic acid groups (broad SMARTS) is 3. The van der Waals surface area contributed by atoms with Crippen LogP contribution in [0.2, 0.25) is 0 Å². The second-order valence-electron chi connectivity index (χ2n) is 14.0. The van der Waals surface area contributed by atoms with E-state index in [4.69, 9.17) is 43.9 Å². The molecule has 4 aliphatic rings. The van der Waals surface area contributed by atoms with E-state index in [-0.39, 0.29) is 22.4 Å². The Hall–Kier alpha value is -4.15. The Labute approximate surface area is 289 Å². The van der Waals surface area contributed by atoms with Crippen LogP contribution in [0.4, 0.5) is 0 Å². The smallest absolute Gasteiger partial charge is 0.300 e. The lowest BCUT2D eigenvalue weighted by molar-refractivity contribution is -0.277. The third-order valence-corrected chi connectivity index (χ3v) is 7.90. The maximum Gasteiger partial charge on any atom is 0.300 e. The molecule has 1 saturated heterocycles. The molecule has 1 unspecified atom stereocenters. The molecule has 1 aromatic carbocycles. The van der Waals surface area contributed by atoms with Gasteiger partial charge in [-0.25, -0.2) is 0 Å². The van der Waals surface area contributed by atoms with Crippen molar-refractivity contribution in [2.24, 2.45) is 10.8 Å². The number of carboxylic acids is 3. The van der Waals surface area contributed by atoms with Gasteiger partial charge in [-0.1, -0.05) is 39.8 Å². The van der Waals surface area contributed by atoms with Crippen molar-refractivity contribution in [3.8, 4) is 5.75 Å². The summed E-state index contributed by atoms with van der Waals surface area (Å²) >= 11 is 0. The lowest BCUT2D eigenvalue weighted by atomic mass is 9.65. The van der Waals surface area contributed by atoms with Gasteiger partial charge in [-0.2, -0.15) is 0 Å². The monoisotopic (exact) mass is 708 g/mol. The van der Waals surface area contributed by atoms with E-state index >= 15 is 0 Å². The summed E-state index contributed by atoms with van der Waals surface area (Å²) in [7, 11) is 0. The summed E-state index contributed by atoms with van der Waals surface area (Å²) in [6, 6.07) is 6.82. The highest BCUT2D eigenvalue weighted by atomic mass is 16.7. The van der Waals surface area contributed by atoms with E-state index in [1.54, 1.807) is 24.3 Å². The van der Waals surface area contributed by atoms with E-state index < -0.39 is 61.1 Å². The Balaban J connectivity index is 0.000000628. The minimum absolute atomic E-state index is 0.0212. The average molecular weight is 709 g/mol. The van der Waals surface area contributed by atoms with Crippen molar-refractivity contribution in [1.29, 1.82) is 0 Å². The minimum Gasteiger partial charge on any atom is -0.481 e. The number of allylic oxidation sites excluding steroid dienone is 4. The van der Waals surface area contributed by atoms with Crippen LogP contribution in [-0.4, -0.2) is 103 Å². The molecule has 15 nitrogen and oxygen atoms in total. The number of carbonyl (C=O) groups excluding carboxylic acids is 2. The van der Waals surface area contributed by atoms with Gasteiger partial charge in [-0.05, 0) is 28.5 Å². The summed E-state index contributed by atoms with van der Waals surface area (Å²) in [5, 5.41) is 62.0. The van der Waals surface area contributed by atoms with E-state index in [0.29, 0.717) is 54.1 Å². The topological polar surface area (TPSA) is 255 Å². The van der Waals surface area contributed by atoms with Gasteiger partial charge in [-0.3, -0.25) is 24.0 Å². The first-order valence-electron chi connectivity index (χ1n) is 15.9. The van der Waals surface area contributed by atoms with Gasteiger partial charge in [0.25, 0.3) is 17.9 Å². The summed E-state index contributed by atoms with van der Waals surface area (Å²) in [5.74, 6) is -1.49. The maximum absolute atomic E-state index is 13.4. The molecule has 0 spiro atoms. The molecule has 50 heavy (non-hydrogen) atoms. The molecular weight excluding hydrogens is 660 g/mol. The fourth-order valence-electron chi connectivity index (χ4n) is 6.05. The number of carbonyl (C=O) groups is 5. The van der Waals surface area contributed by atoms with Crippen molar-refractivity contribution < 1.29 is 73.9 Å². The summed E-state index contributed by atoms with van der Waals surface area (Å²) in [4.78, 5) is 53.8. The van der Waals surface area contributed by atoms with E-state index in [1.807, 2.05) is 27.7 Å². The van der Waals surface area contributed by atoms with Gasteiger partial charge in [0.1, 0.15) is 41.7 Å². The van der Waals surface area contributed by atoms with Crippen LogP contribution in [0, 0.1) is 10.8 Å². The predicted octanol–water partition coefficient (Wildman–Crippen LogP) is 2.54. The number of hydrogen-bond donors (Lipinski definition) is 7. The fourth-order valence-corrected chi connectivity index (χ4v) is 6.05. The highest BCUT2D eigenvalue weighted by Gasteiger charge is 2.48. The molecule has 278 valence electrons. The van der Waals surface area contributed by atoms with Gasteiger partial charge in [0.2, 0.25) is 6.29 Å². The standard InChI is InChI=1S/C29H36O9.3C2H4O2/c1-28(2)9-16(31)22-18(11-28)37-19-12-29(3,4)10-17(32)23(19)21(22)14-5-7-15(8-6-14)36-27-26(35)25(34)24(33)20(13-30)38-27;3*1-2(3)4/h5-8,20-21,24-27,30,33-35H,9-13H2,1-4H3;3*1H3,(H,3,4)/t20?,24-,25+,26+,27-;;;/m1.../s1. The maximum atomic E-state index is 13.4. The van der Waals surface area contributed by atoms with E-state index in [0.717, 1.165) is 26.3 Å². The third kappa shape index (κ3) is 11.5. The van der Waals surface area contributed by atoms with Gasteiger partial charge in [0.15, 0.2) is 11.6 Å². The van der Waals surface area contributed by atoms with Crippen LogP contribution in [0.15, 0.2) is 46.9 Å². The molecular formula is C35H48O15. The molecule has 15 heteroatoms. The zero-order valence-electron chi connectivity index (χ0n) is 29.2. The molecule has 1 aromatic rings. The summed E-state index contributed by atoms with van der Waals surface area (Å²) in [6.45, 7) is 10.9. The van der Waals surface area contributed by atoms with Gasteiger partial charge >= 0.3 is 0 Å². The van der Waals surface area contributed by atoms with E-state index in [9.17, 15) is 30.0 Å². The number of aliphatic carboxylic acids is 3. The van der Waals surface area contributed by atoms with Crippen LogP contribution in [0.5, 0.6) is 5.75 Å². The molecule has 2 aliphatic heterocycles. The van der Waals surface area contributed by atoms with Crippen LogP contribution in [0.25, 0.3) is 0 Å². The first-order chi connectivity index (χ1) is 23.0. The molecule has 7 N–H and O–H groups in total. The van der Waals surface area contributed by atoms with Crippen LogP contribution in [0.3, 0.4) is 0 Å². The Morgan fingerprint density at radius 3 is 1.50 bits per heavy atom. The highest BCUT2D eigenvalue weighted by molar-refractivity contribution is 6.06. The predicted molar refractivity (Wildman–Crippen MR) is 175 cm³/mol. The van der Waals surface area contributed by atoms with Crippen molar-refractivity contribution in [2.75, 3.05) is 6.61 Å². The molecule has 0 aromatic heterocycles. The van der Waals surface area contributed by atoms with Gasteiger partial charge in [-0.15, -0.1) is 0 Å². The Bertz CT molecular complexity index is 1390. The molecule has 0 amide bonds. The zero-order chi connectivity index (χ0) is 38.3. The zero-order valence-corrected chi connectivity index (χ0v) is 29.2. The molecule has 2 aliphatic carbocycles. The SMILES string of the molecule is CC(=O)O.CC(=O)O.CC(=O)O.CC1(C)CC(=O)C2=C(C1)OC1=C(C(=O)CC(C)(C)C1)C2c1ccc(O[C@@H]2OC(CO)[C@@H](O)[C@H](O)[C@@H]2O)cc1. The number of ketones is 2. The summed E-state index contributed by atoms with van der Waals surface area (Å²) < 4.78 is 17.5. The second-order valence-corrected chi connectivity index (χ2v) is 14.0. The number of rotatable bonds is 4. The van der Waals surface area contributed by atoms with Crippen LogP contribution in [0.1, 0.15) is 85.6 Å². The molecule has 0 saturated carbocycles. The molecule has 0 bridgehead atoms. The first-order valence-corrected chi connectivity index (χ1v) is 15.9. The van der Waals surface area contributed by atoms with E-state index in [2.05, 4.69) is 0 Å². The fraction of sp³-hybridized carbons (Fsp3) is 0.571. The number of ether oxygens (including phenoxy) is 3. The van der Waals surface area contributed by atoms with Gasteiger partial charge < -0.3 is 50.0 Å². The number of benzene rings is 1. The number of hydrogen-bond acceptors (Lipinski definition) is 12. The Kier molecular flexibility index (Phi) is 14.4. The van der Waals surface area contributed by atoms with Crippen LogP contribution >= 0.6 is 0 Å². The van der Waals surface area contributed by atoms with Crippen molar-refractivity contribution >= 4 is 29.5 Å². The molecule has 5 atom stereocenters. The Morgan fingerprint density at radius 2 is 1.12 bits per heavy atom. The Morgan fingerprint density at radius 1 is 0.720 bits per heavy atom. The highest BCUT2D eigenvalue weighted by Crippen LogP contribution is 2.53. The lowest BCUT2D eigenvalue weighted by Crippen LogP contribution is -2.60. The normalized spacial score (nSPS) is 26.6. The molecule has 5 rings (SSSR count). The molecule has 2 heterocycles. The van der Waals surface area contributed by atoms with E-state index in [1.165, 1.54) is 0 Å². The quantitative estimate of drug-likeness (QED) is 0.237. The lowest BCUT2D eigenvalue weighted by Gasteiger charge is -2.42. The van der Waals surface area contributed by atoms with Crippen molar-refractivity contribution in [1.82, 2.24) is 0 Å². The van der Waals surface area contributed by atoms with Crippen LogP contribution in [-0.2, 0) is 33.4 Å². The number of aliphatic hydroxyl groups is 4. The van der Waals surface area contributed by atoms with Crippen LogP contribution < -0.4 is 4.74 Å². The van der Waals surface area contributed by atoms with Gasteiger partial charge in [0, 0.05) is 63.5 Å². The molecule has 0 radical (unpaired) electrons. The van der Waals surface area contributed by atoms with Gasteiger partial charge in [0.05, 0.1) is 6.61 Å². The number of aliphatic hydroxyl groups excluding tert-OH is 4. The van der Waals surface area contributed by atoms with Crippen molar-refractivity contribution in [3.63, 3.8) is 0 Å². The largest absolute Gasteiger partial charge is 0.481 e. The average Bonchev–Trinajstić information content (AvgIpc) is 2.94. The summed E-state index contributed by atoms with van der Waals surface area (Å²) in [6.07, 6.45) is -5.01. The second kappa shape index (κ2) is 17.2.